The Morgan fingerprint density at radius 2 is 1.38 bits per heavy atom. The number of hydrogen-bond donors (Lipinski definition) is 8. The number of carboxylic acid groups (broad SMARTS) is 1. The number of carbonyl (C=O) groups excluding carboxylic acids is 2. The Kier molecular flexibility index (Phi) is 14.5. The monoisotopic (exact) mass is 963 g/mol. The van der Waals surface area contributed by atoms with Crippen LogP contribution in [0.3, 0.4) is 0 Å². The highest BCUT2D eigenvalue weighted by atomic mass is 16.7. The summed E-state index contributed by atoms with van der Waals surface area (Å²) in [5, 5.41) is 88.0. The van der Waals surface area contributed by atoms with Gasteiger partial charge in [0.2, 0.25) is 0 Å². The fourth-order valence-corrected chi connectivity index (χ4v) is 14.6. The molecule has 20 atom stereocenters. The lowest BCUT2D eigenvalue weighted by Crippen LogP contribution is -2.72. The van der Waals surface area contributed by atoms with Crippen molar-refractivity contribution in [1.82, 2.24) is 0 Å². The number of ether oxygens (including phenoxy) is 6. The van der Waals surface area contributed by atoms with Crippen LogP contribution in [-0.2, 0) is 42.8 Å². The molecule has 2 aliphatic heterocycles. The highest BCUT2D eigenvalue weighted by Gasteiger charge is 2.74. The van der Waals surface area contributed by atoms with Crippen LogP contribution in [0.5, 0.6) is 0 Å². The molecule has 0 aromatic carbocycles. The summed E-state index contributed by atoms with van der Waals surface area (Å²) in [4.78, 5) is 39.6. The van der Waals surface area contributed by atoms with Gasteiger partial charge in [-0.25, -0.2) is 14.4 Å². The van der Waals surface area contributed by atoms with Gasteiger partial charge in [0, 0.05) is 16.6 Å². The van der Waals surface area contributed by atoms with Crippen molar-refractivity contribution in [2.75, 3.05) is 13.2 Å². The minimum absolute atomic E-state index is 0.0612. The molecule has 0 spiro atoms. The Morgan fingerprint density at radius 3 is 1.97 bits per heavy atom. The van der Waals surface area contributed by atoms with Crippen molar-refractivity contribution in [3.8, 4) is 0 Å². The lowest BCUT2D eigenvalue weighted by atomic mass is 9.33. The molecule has 2 heterocycles. The van der Waals surface area contributed by atoms with Crippen molar-refractivity contribution in [1.29, 1.82) is 0 Å². The van der Waals surface area contributed by atoms with Gasteiger partial charge >= 0.3 is 17.9 Å². The van der Waals surface area contributed by atoms with Gasteiger partial charge in [-0.15, -0.1) is 0 Å². The molecule has 2 saturated heterocycles. The lowest BCUT2D eigenvalue weighted by Gasteiger charge is -2.72. The van der Waals surface area contributed by atoms with Crippen LogP contribution >= 0.6 is 0 Å². The molecule has 8 N–H and O–H groups in total. The summed E-state index contributed by atoms with van der Waals surface area (Å²) >= 11 is 0. The number of aliphatic hydroxyl groups is 7. The Balaban J connectivity index is 1.18. The van der Waals surface area contributed by atoms with Crippen LogP contribution < -0.4 is 0 Å². The fourth-order valence-electron chi connectivity index (χ4n) is 14.6. The first-order valence-corrected chi connectivity index (χ1v) is 24.5. The summed E-state index contributed by atoms with van der Waals surface area (Å²) in [7, 11) is 0. The normalized spacial score (nSPS) is 47.8. The maximum absolute atomic E-state index is 13.7. The molecule has 0 aromatic heterocycles. The molecule has 0 aromatic rings. The molecule has 7 rings (SSSR count). The van der Waals surface area contributed by atoms with E-state index >= 15 is 0 Å². The van der Waals surface area contributed by atoms with Crippen LogP contribution in [-0.4, -0.2) is 152 Å². The van der Waals surface area contributed by atoms with Crippen molar-refractivity contribution in [3.63, 3.8) is 0 Å². The number of aliphatic hydroxyl groups excluding tert-OH is 7. The van der Waals surface area contributed by atoms with Crippen LogP contribution in [0.1, 0.15) is 121 Å². The summed E-state index contributed by atoms with van der Waals surface area (Å²) < 4.78 is 36.1. The predicted molar refractivity (Wildman–Crippen MR) is 243 cm³/mol. The van der Waals surface area contributed by atoms with E-state index in [1.165, 1.54) is 0 Å². The van der Waals surface area contributed by atoms with Crippen LogP contribution in [0.15, 0.2) is 34.9 Å². The van der Waals surface area contributed by atoms with E-state index in [1.807, 2.05) is 13.8 Å². The number of esters is 2. The van der Waals surface area contributed by atoms with Crippen LogP contribution in [0.25, 0.3) is 0 Å². The SMILES string of the molecule is C/C=C(/C)C(=O)O[C@H]1[C@H](OC(=O)/C(C)=C\C)[C@@]2(CO)C(CC1(C)C)C1=CCC3[C@@]4(C)CC[C@H](O[C@@H]5O[C@H](C(=O)O)[C@@H](O)[C@H](O[C@@H]6OC[C@H](O)[C@H](O)[C@H]6O)[C@H]5O)C(C)(C)C4CC[C@@]3(C)[C@]1(C)C[C@H]2O. The van der Waals surface area contributed by atoms with Crippen LogP contribution in [0, 0.1) is 50.2 Å². The van der Waals surface area contributed by atoms with E-state index < -0.39 is 138 Å². The van der Waals surface area contributed by atoms with Crippen molar-refractivity contribution >= 4 is 17.9 Å². The van der Waals surface area contributed by atoms with Crippen molar-refractivity contribution < 1.29 is 83.7 Å². The summed E-state index contributed by atoms with van der Waals surface area (Å²) in [6, 6.07) is 0. The maximum atomic E-state index is 13.7. The largest absolute Gasteiger partial charge is 0.479 e. The summed E-state index contributed by atoms with van der Waals surface area (Å²) in [5.74, 6) is -2.96. The molecule has 7 aliphatic rings. The molecule has 0 radical (unpaired) electrons. The molecule has 0 amide bonds. The molecule has 3 unspecified atom stereocenters. The number of fused-ring (bicyclic) bond motifs is 7. The number of rotatable bonds is 10. The fraction of sp³-hybridized carbons (Fsp3) is 0.824. The van der Waals surface area contributed by atoms with E-state index in [9.17, 15) is 55.2 Å². The van der Waals surface area contributed by atoms with Crippen LogP contribution in [0.4, 0.5) is 0 Å². The maximum Gasteiger partial charge on any atom is 0.335 e. The van der Waals surface area contributed by atoms with Gasteiger partial charge < -0.3 is 69.3 Å². The lowest BCUT2D eigenvalue weighted by molar-refractivity contribution is -0.357. The highest BCUT2D eigenvalue weighted by molar-refractivity contribution is 5.89. The zero-order valence-electron chi connectivity index (χ0n) is 41.6. The third-order valence-corrected chi connectivity index (χ3v) is 19.1. The molecular formula is C51H78O17. The van der Waals surface area contributed by atoms with E-state index in [2.05, 4.69) is 40.7 Å². The van der Waals surface area contributed by atoms with Crippen molar-refractivity contribution in [2.45, 2.75) is 201 Å². The van der Waals surface area contributed by atoms with E-state index in [0.717, 1.165) is 18.4 Å². The molecule has 68 heavy (non-hydrogen) atoms. The minimum Gasteiger partial charge on any atom is -0.479 e. The Labute approximate surface area is 399 Å². The number of aliphatic carboxylic acids is 1. The number of carbonyl (C=O) groups is 3. The highest BCUT2D eigenvalue weighted by Crippen LogP contribution is 2.76. The Morgan fingerprint density at radius 1 is 0.765 bits per heavy atom. The molecule has 17 heteroatoms. The second-order valence-electron chi connectivity index (χ2n) is 23.2. The average molecular weight is 963 g/mol. The third kappa shape index (κ3) is 8.15. The van der Waals surface area contributed by atoms with E-state index in [4.69, 9.17) is 28.4 Å². The summed E-state index contributed by atoms with van der Waals surface area (Å²) in [6.45, 7) is 20.9. The quantitative estimate of drug-likeness (QED) is 0.0674. The Bertz CT molecular complexity index is 2030. The van der Waals surface area contributed by atoms with Gasteiger partial charge in [0.25, 0.3) is 0 Å². The molecule has 0 bridgehead atoms. The molecule has 384 valence electrons. The molecule has 6 fully saturated rings. The second kappa shape index (κ2) is 18.7. The van der Waals surface area contributed by atoms with E-state index in [1.54, 1.807) is 39.8 Å². The second-order valence-corrected chi connectivity index (χ2v) is 23.2. The first-order chi connectivity index (χ1) is 31.6. The van der Waals surface area contributed by atoms with Crippen LogP contribution in [0.2, 0.25) is 0 Å². The molecule has 4 saturated carbocycles. The van der Waals surface area contributed by atoms with Gasteiger partial charge in [0.15, 0.2) is 24.8 Å². The topological polar surface area (TPSA) is 268 Å². The smallest absolute Gasteiger partial charge is 0.335 e. The first-order valence-electron chi connectivity index (χ1n) is 24.5. The van der Waals surface area contributed by atoms with Gasteiger partial charge in [0.1, 0.15) is 42.7 Å². The summed E-state index contributed by atoms with van der Waals surface area (Å²) in [6.07, 6.45) is -9.33. The standard InChI is InChI=1S/C51H78O17/c1-12-24(3)42(61)67-39-40(68-43(62)25(4)13-2)51(23-52)27(20-46(39,5)6)26-14-15-30-48(9)18-17-32(47(7,8)29(48)16-19-49(30,10)50(26,11)21-31(51)54)64-45-36(58)37(35(57)38(66-45)41(59)60)65-44-34(56)33(55)28(53)22-63-44/h12-14,27-40,44-45,52-58H,15-23H2,1-11H3,(H,59,60)/b24-12-,25-13-/t27?,28-,29?,30?,31+,32-,33-,34+,35-,36+,37-,38-,39-,40-,44-,45+,48-,49+,50+,51-/m0/s1. The number of carboxylic acids is 1. The predicted octanol–water partition coefficient (Wildman–Crippen LogP) is 3.47. The van der Waals surface area contributed by atoms with Gasteiger partial charge in [-0.05, 0) is 112 Å². The molecular weight excluding hydrogens is 885 g/mol. The van der Waals surface area contributed by atoms with Gasteiger partial charge in [-0.2, -0.15) is 0 Å². The third-order valence-electron chi connectivity index (χ3n) is 19.1. The zero-order chi connectivity index (χ0) is 50.4. The minimum atomic E-state index is -1.92. The van der Waals surface area contributed by atoms with Gasteiger partial charge in [0.05, 0.1) is 30.8 Å². The van der Waals surface area contributed by atoms with Gasteiger partial charge in [-0.3, -0.25) is 0 Å². The molecule has 5 aliphatic carbocycles. The van der Waals surface area contributed by atoms with Crippen molar-refractivity contribution in [3.05, 3.63) is 34.9 Å². The van der Waals surface area contributed by atoms with E-state index in [-0.39, 0.29) is 29.1 Å². The van der Waals surface area contributed by atoms with Crippen molar-refractivity contribution in [2.24, 2.45) is 50.2 Å². The first kappa shape index (κ1) is 53.0. The average Bonchev–Trinajstić information content (AvgIpc) is 3.27. The van der Waals surface area contributed by atoms with Gasteiger partial charge in [-0.1, -0.05) is 72.3 Å². The Hall–Kier alpha value is -2.81. The number of allylic oxidation sites excluding steroid dienone is 4. The zero-order valence-corrected chi connectivity index (χ0v) is 41.6. The van der Waals surface area contributed by atoms with E-state index in [0.29, 0.717) is 36.8 Å². The summed E-state index contributed by atoms with van der Waals surface area (Å²) in [5.41, 5.74) is -2.05. The number of hydrogen-bond acceptors (Lipinski definition) is 16. The molecule has 17 nitrogen and oxygen atoms in total.